The highest BCUT2D eigenvalue weighted by Crippen LogP contribution is 2.27. The molecule has 0 heterocycles. The molecule has 0 saturated heterocycles. The topological polar surface area (TPSA) is 35.2 Å². The van der Waals surface area contributed by atoms with Gasteiger partial charge in [-0.15, -0.1) is 0 Å². The molecular weight excluding hydrogens is 266 g/mol. The van der Waals surface area contributed by atoms with Gasteiger partial charge in [0.25, 0.3) is 0 Å². The Balaban J connectivity index is 2.07. The quantitative estimate of drug-likeness (QED) is 0.920. The SMILES string of the molecule is NCc1cc(Br)ccc1OC1CCCCC1. The molecular formula is C13H18BrNO. The third-order valence-corrected chi connectivity index (χ3v) is 3.58. The van der Waals surface area contributed by atoms with Gasteiger partial charge in [0.05, 0.1) is 6.10 Å². The fraction of sp³-hybridized carbons (Fsp3) is 0.538. The van der Waals surface area contributed by atoms with Crippen molar-refractivity contribution >= 4 is 15.9 Å². The average Bonchev–Trinajstić information content (AvgIpc) is 2.33. The molecule has 0 bridgehead atoms. The van der Waals surface area contributed by atoms with Crippen LogP contribution in [0, 0.1) is 0 Å². The number of hydrogen-bond donors (Lipinski definition) is 1. The summed E-state index contributed by atoms with van der Waals surface area (Å²) < 4.78 is 7.09. The first-order valence-electron chi connectivity index (χ1n) is 5.95. The first-order valence-corrected chi connectivity index (χ1v) is 6.74. The number of nitrogens with two attached hydrogens (primary N) is 1. The minimum Gasteiger partial charge on any atom is -0.490 e. The molecule has 0 atom stereocenters. The molecule has 1 aromatic carbocycles. The normalized spacial score (nSPS) is 17.4. The minimum absolute atomic E-state index is 0.389. The number of halogens is 1. The Morgan fingerprint density at radius 2 is 2.00 bits per heavy atom. The van der Waals surface area contributed by atoms with E-state index < -0.39 is 0 Å². The second-order valence-corrected chi connectivity index (χ2v) is 5.25. The van der Waals surface area contributed by atoms with E-state index in [0.717, 1.165) is 15.8 Å². The lowest BCUT2D eigenvalue weighted by atomic mass is 9.97. The molecule has 3 heteroatoms. The highest BCUT2D eigenvalue weighted by molar-refractivity contribution is 9.10. The van der Waals surface area contributed by atoms with Gasteiger partial charge in [0.2, 0.25) is 0 Å². The summed E-state index contributed by atoms with van der Waals surface area (Å²) in [6.07, 6.45) is 6.68. The fourth-order valence-corrected chi connectivity index (χ4v) is 2.59. The van der Waals surface area contributed by atoms with Crippen LogP contribution in [-0.4, -0.2) is 6.10 Å². The van der Waals surface area contributed by atoms with E-state index in [4.69, 9.17) is 10.5 Å². The van der Waals surface area contributed by atoms with Gasteiger partial charge in [0.1, 0.15) is 5.75 Å². The summed E-state index contributed by atoms with van der Waals surface area (Å²) in [5.74, 6) is 0.956. The summed E-state index contributed by atoms with van der Waals surface area (Å²) >= 11 is 3.45. The molecule has 0 spiro atoms. The molecule has 0 aromatic heterocycles. The first-order chi connectivity index (χ1) is 7.79. The van der Waals surface area contributed by atoms with Crippen LogP contribution in [0.4, 0.5) is 0 Å². The van der Waals surface area contributed by atoms with E-state index in [1.54, 1.807) is 0 Å². The Morgan fingerprint density at radius 1 is 1.25 bits per heavy atom. The van der Waals surface area contributed by atoms with Crippen LogP contribution in [0.2, 0.25) is 0 Å². The maximum atomic E-state index is 6.03. The average molecular weight is 284 g/mol. The molecule has 0 radical (unpaired) electrons. The molecule has 1 saturated carbocycles. The van der Waals surface area contributed by atoms with Crippen molar-refractivity contribution < 1.29 is 4.74 Å². The van der Waals surface area contributed by atoms with Crippen molar-refractivity contribution in [1.82, 2.24) is 0 Å². The monoisotopic (exact) mass is 283 g/mol. The van der Waals surface area contributed by atoms with E-state index in [1.807, 2.05) is 18.2 Å². The Morgan fingerprint density at radius 3 is 2.69 bits per heavy atom. The summed E-state index contributed by atoms with van der Waals surface area (Å²) in [6.45, 7) is 0.529. The molecule has 1 aromatic rings. The van der Waals surface area contributed by atoms with Gasteiger partial charge in [0, 0.05) is 16.6 Å². The van der Waals surface area contributed by atoms with Crippen LogP contribution < -0.4 is 10.5 Å². The smallest absolute Gasteiger partial charge is 0.124 e. The summed E-state index contributed by atoms with van der Waals surface area (Å²) in [5, 5.41) is 0. The van der Waals surface area contributed by atoms with Gasteiger partial charge in [-0.25, -0.2) is 0 Å². The number of rotatable bonds is 3. The second-order valence-electron chi connectivity index (χ2n) is 4.33. The van der Waals surface area contributed by atoms with Crippen molar-refractivity contribution in [2.24, 2.45) is 5.73 Å². The predicted molar refractivity (Wildman–Crippen MR) is 69.5 cm³/mol. The zero-order valence-electron chi connectivity index (χ0n) is 9.42. The molecule has 1 aliphatic rings. The fourth-order valence-electron chi connectivity index (χ4n) is 2.19. The zero-order chi connectivity index (χ0) is 11.4. The van der Waals surface area contributed by atoms with Gasteiger partial charge >= 0.3 is 0 Å². The van der Waals surface area contributed by atoms with Crippen molar-refractivity contribution in [3.8, 4) is 5.75 Å². The third kappa shape index (κ3) is 2.98. The maximum Gasteiger partial charge on any atom is 0.124 e. The molecule has 0 unspecified atom stereocenters. The first kappa shape index (κ1) is 11.9. The molecule has 1 fully saturated rings. The van der Waals surface area contributed by atoms with Crippen LogP contribution in [0.25, 0.3) is 0 Å². The molecule has 2 rings (SSSR count). The Kier molecular flexibility index (Phi) is 4.24. The number of ether oxygens (including phenoxy) is 1. The second kappa shape index (κ2) is 5.69. The standard InChI is InChI=1S/C13H18BrNO/c14-11-6-7-13(10(8-11)9-15)16-12-4-2-1-3-5-12/h6-8,12H,1-5,9,15H2. The van der Waals surface area contributed by atoms with E-state index >= 15 is 0 Å². The van der Waals surface area contributed by atoms with Crippen molar-refractivity contribution in [2.75, 3.05) is 0 Å². The number of hydrogen-bond acceptors (Lipinski definition) is 2. The summed E-state index contributed by atoms with van der Waals surface area (Å²) in [6, 6.07) is 6.07. The Bertz CT molecular complexity index is 348. The van der Waals surface area contributed by atoms with Crippen LogP contribution in [0.3, 0.4) is 0 Å². The van der Waals surface area contributed by atoms with Crippen molar-refractivity contribution in [2.45, 2.75) is 44.8 Å². The molecule has 2 N–H and O–H groups in total. The minimum atomic E-state index is 0.389. The molecule has 0 aliphatic heterocycles. The maximum absolute atomic E-state index is 6.03. The zero-order valence-corrected chi connectivity index (χ0v) is 11.0. The van der Waals surface area contributed by atoms with E-state index in [1.165, 1.54) is 32.1 Å². The van der Waals surface area contributed by atoms with Crippen LogP contribution in [0.5, 0.6) is 5.75 Å². The molecule has 16 heavy (non-hydrogen) atoms. The van der Waals surface area contributed by atoms with Gasteiger partial charge in [-0.2, -0.15) is 0 Å². The van der Waals surface area contributed by atoms with Gasteiger partial charge in [-0.05, 0) is 43.9 Å². The van der Waals surface area contributed by atoms with Crippen molar-refractivity contribution in [1.29, 1.82) is 0 Å². The lowest BCUT2D eigenvalue weighted by Crippen LogP contribution is -2.20. The van der Waals surface area contributed by atoms with Crippen LogP contribution in [-0.2, 0) is 6.54 Å². The van der Waals surface area contributed by atoms with E-state index in [9.17, 15) is 0 Å². The number of benzene rings is 1. The van der Waals surface area contributed by atoms with Gasteiger partial charge in [-0.1, -0.05) is 22.4 Å². The highest BCUT2D eigenvalue weighted by Gasteiger charge is 2.16. The van der Waals surface area contributed by atoms with Crippen LogP contribution >= 0.6 is 15.9 Å². The summed E-state index contributed by atoms with van der Waals surface area (Å²) in [5.41, 5.74) is 6.81. The van der Waals surface area contributed by atoms with E-state index in [0.29, 0.717) is 12.6 Å². The summed E-state index contributed by atoms with van der Waals surface area (Å²) in [4.78, 5) is 0. The molecule has 2 nitrogen and oxygen atoms in total. The molecule has 88 valence electrons. The Labute approximate surface area is 105 Å². The van der Waals surface area contributed by atoms with Crippen molar-refractivity contribution in [3.63, 3.8) is 0 Å². The largest absolute Gasteiger partial charge is 0.490 e. The van der Waals surface area contributed by atoms with Crippen molar-refractivity contribution in [3.05, 3.63) is 28.2 Å². The van der Waals surface area contributed by atoms with Gasteiger partial charge in [0.15, 0.2) is 0 Å². The lowest BCUT2D eigenvalue weighted by molar-refractivity contribution is 0.153. The Hall–Kier alpha value is -0.540. The van der Waals surface area contributed by atoms with E-state index in [2.05, 4.69) is 15.9 Å². The predicted octanol–water partition coefficient (Wildman–Crippen LogP) is 3.62. The summed E-state index contributed by atoms with van der Waals surface area (Å²) in [7, 11) is 0. The molecule has 1 aliphatic carbocycles. The van der Waals surface area contributed by atoms with Gasteiger partial charge in [-0.3, -0.25) is 0 Å². The van der Waals surface area contributed by atoms with Gasteiger partial charge < -0.3 is 10.5 Å². The molecule has 0 amide bonds. The lowest BCUT2D eigenvalue weighted by Gasteiger charge is -2.24. The van der Waals surface area contributed by atoms with Crippen LogP contribution in [0.15, 0.2) is 22.7 Å². The third-order valence-electron chi connectivity index (χ3n) is 3.09. The van der Waals surface area contributed by atoms with Crippen LogP contribution in [0.1, 0.15) is 37.7 Å². The highest BCUT2D eigenvalue weighted by atomic mass is 79.9. The van der Waals surface area contributed by atoms with E-state index in [-0.39, 0.29) is 0 Å².